The first-order valence-electron chi connectivity index (χ1n) is 10.1. The van der Waals surface area contributed by atoms with Crippen molar-refractivity contribution in [2.75, 3.05) is 20.2 Å². The zero-order chi connectivity index (χ0) is 25.3. The summed E-state index contributed by atoms with van der Waals surface area (Å²) in [7, 11) is -2.94. The van der Waals surface area contributed by atoms with E-state index >= 15 is 0 Å². The summed E-state index contributed by atoms with van der Waals surface area (Å²) in [5.41, 5.74) is 0.582. The SMILES string of the molecule is COC(=O)C1CN(S(=O)(=O)C=Cc2ccc(Cl)s2)CC(=O)N1Cc1cc2cnccc2n1C(=O)O. The van der Waals surface area contributed by atoms with Gasteiger partial charge < -0.3 is 14.7 Å². The number of fused-ring (bicyclic) bond motifs is 1. The molecule has 184 valence electrons. The quantitative estimate of drug-likeness (QED) is 0.472. The molecular formula is C21H19ClN4O7S2. The van der Waals surface area contributed by atoms with Crippen molar-refractivity contribution in [3.63, 3.8) is 0 Å². The first kappa shape index (κ1) is 24.9. The third kappa shape index (κ3) is 5.07. The van der Waals surface area contributed by atoms with Gasteiger partial charge in [-0.15, -0.1) is 11.3 Å². The Labute approximate surface area is 208 Å². The monoisotopic (exact) mass is 538 g/mol. The zero-order valence-corrected chi connectivity index (χ0v) is 20.6. The van der Waals surface area contributed by atoms with Crippen LogP contribution in [0.2, 0.25) is 4.34 Å². The van der Waals surface area contributed by atoms with E-state index in [1.54, 1.807) is 18.2 Å². The number of piperazine rings is 1. The number of sulfonamides is 1. The van der Waals surface area contributed by atoms with E-state index in [9.17, 15) is 27.9 Å². The van der Waals surface area contributed by atoms with Crippen molar-refractivity contribution in [3.8, 4) is 0 Å². The third-order valence-corrected chi connectivity index (χ3v) is 8.09. The number of amides is 1. The van der Waals surface area contributed by atoms with Crippen LogP contribution in [0.5, 0.6) is 0 Å². The molecule has 0 spiro atoms. The zero-order valence-electron chi connectivity index (χ0n) is 18.2. The van der Waals surface area contributed by atoms with Crippen LogP contribution in [0.1, 0.15) is 10.6 Å². The Morgan fingerprint density at radius 3 is 2.77 bits per heavy atom. The Hall–Kier alpha value is -3.26. The molecule has 1 fully saturated rings. The second-order valence-corrected chi connectivity index (χ2v) is 11.1. The van der Waals surface area contributed by atoms with Crippen LogP contribution in [0.25, 0.3) is 17.0 Å². The minimum Gasteiger partial charge on any atom is -0.467 e. The maximum absolute atomic E-state index is 13.1. The predicted molar refractivity (Wildman–Crippen MR) is 128 cm³/mol. The molecule has 0 aliphatic carbocycles. The molecule has 3 aromatic heterocycles. The van der Waals surface area contributed by atoms with Gasteiger partial charge >= 0.3 is 12.1 Å². The highest BCUT2D eigenvalue weighted by Gasteiger charge is 2.41. The number of thiophene rings is 1. The molecule has 35 heavy (non-hydrogen) atoms. The molecule has 1 atom stereocenters. The second kappa shape index (κ2) is 9.77. The fourth-order valence-corrected chi connectivity index (χ4v) is 5.97. The number of hydrogen-bond donors (Lipinski definition) is 1. The van der Waals surface area contributed by atoms with Gasteiger partial charge in [-0.3, -0.25) is 9.78 Å². The second-order valence-electron chi connectivity index (χ2n) is 7.53. The maximum atomic E-state index is 13.1. The van der Waals surface area contributed by atoms with Crippen LogP contribution in [0.4, 0.5) is 4.79 Å². The number of ether oxygens (including phenoxy) is 1. The van der Waals surface area contributed by atoms with E-state index in [-0.39, 0.29) is 18.8 Å². The molecule has 3 aromatic rings. The average Bonchev–Trinajstić information content (AvgIpc) is 3.41. The van der Waals surface area contributed by atoms with Crippen molar-refractivity contribution >= 4 is 67.9 Å². The average molecular weight is 539 g/mol. The summed E-state index contributed by atoms with van der Waals surface area (Å²) >= 11 is 7.05. The number of carbonyl (C=O) groups is 3. The van der Waals surface area contributed by atoms with Crippen molar-refractivity contribution in [2.24, 2.45) is 0 Å². The number of esters is 1. The molecule has 4 heterocycles. The summed E-state index contributed by atoms with van der Waals surface area (Å²) in [5, 5.41) is 11.2. The smallest absolute Gasteiger partial charge is 0.416 e. The fraction of sp³-hybridized carbons (Fsp3) is 0.238. The van der Waals surface area contributed by atoms with E-state index in [2.05, 4.69) is 4.98 Å². The van der Waals surface area contributed by atoms with Gasteiger partial charge in [0.1, 0.15) is 6.04 Å². The summed E-state index contributed by atoms with van der Waals surface area (Å²) < 4.78 is 33.0. The molecule has 1 aliphatic rings. The molecule has 0 aromatic carbocycles. The number of methoxy groups -OCH3 is 1. The van der Waals surface area contributed by atoms with Crippen molar-refractivity contribution < 1.29 is 32.6 Å². The molecule has 11 nitrogen and oxygen atoms in total. The number of rotatable bonds is 6. The van der Waals surface area contributed by atoms with Gasteiger partial charge in [0.15, 0.2) is 0 Å². The molecule has 1 N–H and O–H groups in total. The lowest BCUT2D eigenvalue weighted by Gasteiger charge is -2.38. The third-order valence-electron chi connectivity index (χ3n) is 5.42. The normalized spacial score (nSPS) is 17.4. The molecule has 0 radical (unpaired) electrons. The van der Waals surface area contributed by atoms with E-state index in [4.69, 9.17) is 16.3 Å². The van der Waals surface area contributed by atoms with Gasteiger partial charge in [-0.1, -0.05) is 11.6 Å². The van der Waals surface area contributed by atoms with Gasteiger partial charge in [-0.25, -0.2) is 22.6 Å². The van der Waals surface area contributed by atoms with E-state index in [0.717, 1.165) is 26.3 Å². The van der Waals surface area contributed by atoms with E-state index in [0.29, 0.717) is 20.1 Å². The minimum atomic E-state index is -4.06. The van der Waals surface area contributed by atoms with Crippen LogP contribution in [0.3, 0.4) is 0 Å². The van der Waals surface area contributed by atoms with Crippen LogP contribution in [-0.4, -0.2) is 76.5 Å². The van der Waals surface area contributed by atoms with Crippen LogP contribution >= 0.6 is 22.9 Å². The van der Waals surface area contributed by atoms with Gasteiger partial charge in [0.2, 0.25) is 15.9 Å². The number of nitrogens with zero attached hydrogens (tertiary/aromatic N) is 4. The van der Waals surface area contributed by atoms with Gasteiger partial charge in [-0.2, -0.15) is 4.31 Å². The number of hydrogen-bond acceptors (Lipinski definition) is 8. The van der Waals surface area contributed by atoms with E-state index in [1.165, 1.54) is 35.9 Å². The highest BCUT2D eigenvalue weighted by atomic mass is 35.5. The highest BCUT2D eigenvalue weighted by Crippen LogP contribution is 2.26. The van der Waals surface area contributed by atoms with Gasteiger partial charge in [-0.05, 0) is 30.3 Å². The topological polar surface area (TPSA) is 139 Å². The van der Waals surface area contributed by atoms with E-state index in [1.807, 2.05) is 0 Å². The molecule has 1 aliphatic heterocycles. The van der Waals surface area contributed by atoms with Crippen LogP contribution < -0.4 is 0 Å². The van der Waals surface area contributed by atoms with Crippen molar-refractivity contribution in [3.05, 3.63) is 57.0 Å². The Balaban J connectivity index is 1.63. The lowest BCUT2D eigenvalue weighted by Crippen LogP contribution is -2.60. The van der Waals surface area contributed by atoms with Crippen LogP contribution in [0.15, 0.2) is 42.1 Å². The Morgan fingerprint density at radius 1 is 1.34 bits per heavy atom. The molecule has 14 heteroatoms. The molecule has 0 bridgehead atoms. The van der Waals surface area contributed by atoms with Crippen LogP contribution in [0, 0.1) is 0 Å². The van der Waals surface area contributed by atoms with Gasteiger partial charge in [0.05, 0.1) is 30.1 Å². The number of halogens is 1. The standard InChI is InChI=1S/C21H19ClN4O7S2/c1-33-20(28)17-11-24(35(31,32)7-5-15-2-3-18(22)34-15)12-19(27)25(17)10-14-8-13-9-23-6-4-16(13)26(14)21(29)30/h2-9,17H,10-12H2,1H3,(H,29,30). The molecule has 1 amide bonds. The Kier molecular flexibility index (Phi) is 6.94. The largest absolute Gasteiger partial charge is 0.467 e. The fourth-order valence-electron chi connectivity index (χ4n) is 3.79. The number of carboxylic acid groups (broad SMARTS) is 1. The number of carbonyl (C=O) groups excluding carboxylic acids is 2. The summed E-state index contributed by atoms with van der Waals surface area (Å²) in [6.45, 7) is -1.14. The van der Waals surface area contributed by atoms with Crippen molar-refractivity contribution in [1.82, 2.24) is 18.8 Å². The maximum Gasteiger partial charge on any atom is 0.416 e. The molecule has 1 saturated heterocycles. The summed E-state index contributed by atoms with van der Waals surface area (Å²) in [4.78, 5) is 43.2. The number of pyridine rings is 1. The first-order chi connectivity index (χ1) is 16.6. The summed E-state index contributed by atoms with van der Waals surface area (Å²) in [5.74, 6) is -1.50. The van der Waals surface area contributed by atoms with Crippen molar-refractivity contribution in [2.45, 2.75) is 12.6 Å². The van der Waals surface area contributed by atoms with Gasteiger partial charge in [0.25, 0.3) is 0 Å². The van der Waals surface area contributed by atoms with Gasteiger partial charge in [0, 0.05) is 40.3 Å². The summed E-state index contributed by atoms with van der Waals surface area (Å²) in [6, 6.07) is 5.07. The van der Waals surface area contributed by atoms with Crippen LogP contribution in [-0.2, 0) is 30.9 Å². The Bertz CT molecular complexity index is 1450. The minimum absolute atomic E-state index is 0.216. The van der Waals surface area contributed by atoms with E-state index < -0.39 is 40.6 Å². The highest BCUT2D eigenvalue weighted by molar-refractivity contribution is 7.92. The number of aromatic nitrogens is 2. The lowest BCUT2D eigenvalue weighted by molar-refractivity contribution is -0.157. The lowest BCUT2D eigenvalue weighted by atomic mass is 10.1. The summed E-state index contributed by atoms with van der Waals surface area (Å²) in [6.07, 6.45) is 3.00. The molecular weight excluding hydrogens is 520 g/mol. The molecule has 1 unspecified atom stereocenters. The van der Waals surface area contributed by atoms with Crippen molar-refractivity contribution in [1.29, 1.82) is 0 Å². The predicted octanol–water partition coefficient (Wildman–Crippen LogP) is 2.46. The first-order valence-corrected chi connectivity index (χ1v) is 12.8. The Morgan fingerprint density at radius 2 is 2.11 bits per heavy atom. The molecule has 0 saturated carbocycles. The molecule has 4 rings (SSSR count).